The molecule has 0 saturated carbocycles. The zero-order valence-corrected chi connectivity index (χ0v) is 9.74. The van der Waals surface area contributed by atoms with Gasteiger partial charge in [0.15, 0.2) is 0 Å². The van der Waals surface area contributed by atoms with Crippen LogP contribution in [0.25, 0.3) is 0 Å². The normalized spacial score (nSPS) is 7.24. The average Bonchev–Trinajstić information content (AvgIpc) is 2.27. The van der Waals surface area contributed by atoms with Gasteiger partial charge in [-0.3, -0.25) is 4.98 Å². The second kappa shape index (κ2) is 14.3. The van der Waals surface area contributed by atoms with Crippen LogP contribution in [0.15, 0.2) is 24.5 Å². The molecule has 0 fully saturated rings. The van der Waals surface area contributed by atoms with E-state index in [4.69, 9.17) is 51.1 Å². The van der Waals surface area contributed by atoms with Gasteiger partial charge in [0.25, 0.3) is 15.3 Å². The molecule has 1 aromatic rings. The van der Waals surface area contributed by atoms with Crippen LogP contribution < -0.4 is 0 Å². The quantitative estimate of drug-likeness (QED) is 0.387. The summed E-state index contributed by atoms with van der Waals surface area (Å²) >= 11 is 0. The first-order valence-corrected chi connectivity index (χ1v) is 4.13. The van der Waals surface area contributed by atoms with Gasteiger partial charge in [0.05, 0.1) is 5.56 Å². The van der Waals surface area contributed by atoms with Gasteiger partial charge in [-0.15, -0.1) is 30.3 Å². The number of pyridine rings is 1. The third kappa shape index (κ3) is 48.5. The molecular weight excluding hydrogens is 304 g/mol. The summed E-state index contributed by atoms with van der Waals surface area (Å²) in [6.45, 7) is 0. The van der Waals surface area contributed by atoms with Crippen LogP contribution >= 0.6 is 0 Å². The molecule has 0 radical (unpaired) electrons. The van der Waals surface area contributed by atoms with Gasteiger partial charge in [-0.2, -0.15) is 0 Å². The highest BCUT2D eigenvalue weighted by atomic mass is 16.9. The van der Waals surface area contributed by atoms with Crippen LogP contribution in [0.2, 0.25) is 0 Å². The van der Waals surface area contributed by atoms with E-state index in [0.29, 0.717) is 0 Å². The Morgan fingerprint density at radius 3 is 1.48 bits per heavy atom. The van der Waals surface area contributed by atoms with Gasteiger partial charge in [0, 0.05) is 12.4 Å². The fourth-order valence-corrected chi connectivity index (χ4v) is 0.489. The molecule has 0 unspecified atom stereocenters. The molecule has 118 valence electrons. The lowest BCUT2D eigenvalue weighted by molar-refractivity contribution is -0.742. The predicted octanol–water partition coefficient (Wildman–Crippen LogP) is -0.263. The predicted molar refractivity (Wildman–Crippen MR) is 57.5 cm³/mol. The van der Waals surface area contributed by atoms with Gasteiger partial charge in [0.1, 0.15) is 0 Å². The van der Waals surface area contributed by atoms with Gasteiger partial charge in [-0.25, -0.2) is 4.79 Å². The number of carbonyl (C=O) groups is 1. The van der Waals surface area contributed by atoms with E-state index in [9.17, 15) is 4.79 Å². The van der Waals surface area contributed by atoms with Gasteiger partial charge in [-0.05, 0) is 12.1 Å². The highest BCUT2D eigenvalue weighted by molar-refractivity contribution is 5.86. The lowest BCUT2D eigenvalue weighted by atomic mass is 10.3. The van der Waals surface area contributed by atoms with Gasteiger partial charge in [-0.1, -0.05) is 0 Å². The number of hydrogen-bond donors (Lipinski definition) is 4. The Labute approximate surface area is 113 Å². The average molecular weight is 312 g/mol. The van der Waals surface area contributed by atoms with E-state index in [-0.39, 0.29) is 5.56 Å². The molecule has 0 atom stereocenters. The molecule has 0 amide bonds. The van der Waals surface area contributed by atoms with E-state index >= 15 is 0 Å². The van der Waals surface area contributed by atoms with Crippen molar-refractivity contribution < 1.29 is 40.8 Å². The van der Waals surface area contributed by atoms with Crippen LogP contribution in [0.1, 0.15) is 10.4 Å². The van der Waals surface area contributed by atoms with E-state index in [0.717, 1.165) is 0 Å². The first kappa shape index (κ1) is 22.4. The molecule has 1 heterocycles. The smallest absolute Gasteiger partial charge is 0.337 e. The Hall–Kier alpha value is -3.78. The van der Waals surface area contributed by atoms with Crippen molar-refractivity contribution in [2.24, 2.45) is 0 Å². The maximum absolute atomic E-state index is 10.2. The Morgan fingerprint density at radius 1 is 1.00 bits per heavy atom. The minimum absolute atomic E-state index is 0.220. The lowest BCUT2D eigenvalue weighted by Crippen LogP contribution is -1.94. The maximum atomic E-state index is 10.2. The molecule has 0 aliphatic carbocycles. The summed E-state index contributed by atoms with van der Waals surface area (Å²) in [7, 11) is 0. The standard InChI is InChI=1S/C6H5NO2.3HNO3/c8-6(9)5-2-1-3-7-4-5;3*2-1(3)4/h1-4H,(H,8,9);3*(H,2,3,4). The highest BCUT2D eigenvalue weighted by Crippen LogP contribution is 1.92. The first-order chi connectivity index (χ1) is 9.50. The molecule has 15 heteroatoms. The summed E-state index contributed by atoms with van der Waals surface area (Å²) in [5.41, 5.74) is 0.220. The topological polar surface area (TPSA) is 240 Å². The van der Waals surface area contributed by atoms with Crippen LogP contribution in [0, 0.1) is 30.3 Å². The van der Waals surface area contributed by atoms with Gasteiger partial charge in [0.2, 0.25) is 0 Å². The maximum Gasteiger partial charge on any atom is 0.337 e. The Balaban J connectivity index is -0.000000230. The summed E-state index contributed by atoms with van der Waals surface area (Å²) in [5.74, 6) is -0.942. The Bertz CT molecular complexity index is 409. The number of carboxylic acids is 1. The van der Waals surface area contributed by atoms with Crippen LogP contribution in [-0.2, 0) is 0 Å². The molecule has 0 saturated heterocycles. The molecule has 1 rings (SSSR count). The summed E-state index contributed by atoms with van der Waals surface area (Å²) in [6, 6.07) is 3.08. The fourth-order valence-electron chi connectivity index (χ4n) is 0.489. The first-order valence-electron chi connectivity index (χ1n) is 4.13. The largest absolute Gasteiger partial charge is 0.478 e. The highest BCUT2D eigenvalue weighted by Gasteiger charge is 1.97. The van der Waals surface area contributed by atoms with Crippen molar-refractivity contribution in [2.75, 3.05) is 0 Å². The van der Waals surface area contributed by atoms with Crippen molar-refractivity contribution in [3.05, 3.63) is 60.4 Å². The van der Waals surface area contributed by atoms with Crippen molar-refractivity contribution in [1.82, 2.24) is 4.98 Å². The number of nitrogens with zero attached hydrogens (tertiary/aromatic N) is 4. The van der Waals surface area contributed by atoms with Crippen molar-refractivity contribution in [1.29, 1.82) is 0 Å². The van der Waals surface area contributed by atoms with Crippen molar-refractivity contribution in [2.45, 2.75) is 0 Å². The summed E-state index contributed by atoms with van der Waals surface area (Å²) < 4.78 is 0. The van der Waals surface area contributed by atoms with E-state index in [1.165, 1.54) is 18.5 Å². The molecule has 21 heavy (non-hydrogen) atoms. The van der Waals surface area contributed by atoms with Crippen LogP contribution in [0.4, 0.5) is 0 Å². The monoisotopic (exact) mass is 312 g/mol. The second-order valence-electron chi connectivity index (χ2n) is 2.26. The molecule has 1 aromatic heterocycles. The van der Waals surface area contributed by atoms with Gasteiger partial charge >= 0.3 is 5.97 Å². The summed E-state index contributed by atoms with van der Waals surface area (Å²) in [6.07, 6.45) is 2.84. The number of rotatable bonds is 1. The van der Waals surface area contributed by atoms with E-state index in [2.05, 4.69) is 4.98 Å². The van der Waals surface area contributed by atoms with Crippen molar-refractivity contribution in [3.63, 3.8) is 0 Å². The van der Waals surface area contributed by atoms with Crippen LogP contribution in [-0.4, -0.2) is 46.9 Å². The zero-order chi connectivity index (χ0) is 17.4. The molecular formula is C6H8N4O11. The summed E-state index contributed by atoms with van der Waals surface area (Å²) in [5, 5.41) is 49.3. The Morgan fingerprint density at radius 2 is 1.33 bits per heavy atom. The zero-order valence-electron chi connectivity index (χ0n) is 9.74. The fraction of sp³-hybridized carbons (Fsp3) is 0. The van der Waals surface area contributed by atoms with Crippen LogP contribution in [0.5, 0.6) is 0 Å². The van der Waals surface area contributed by atoms with Crippen LogP contribution in [0.3, 0.4) is 0 Å². The number of carboxylic acid groups (broad SMARTS) is 1. The third-order valence-electron chi connectivity index (χ3n) is 0.908. The van der Waals surface area contributed by atoms with Gasteiger partial charge < -0.3 is 20.7 Å². The second-order valence-corrected chi connectivity index (χ2v) is 2.26. The molecule has 0 aliphatic rings. The number of aromatic nitrogens is 1. The van der Waals surface area contributed by atoms with E-state index < -0.39 is 21.2 Å². The minimum atomic E-state index is -1.50. The molecule has 4 N–H and O–H groups in total. The molecule has 0 bridgehead atoms. The van der Waals surface area contributed by atoms with E-state index in [1.54, 1.807) is 6.07 Å². The van der Waals surface area contributed by atoms with E-state index in [1.807, 2.05) is 0 Å². The Kier molecular flexibility index (Phi) is 15.2. The molecule has 15 nitrogen and oxygen atoms in total. The summed E-state index contributed by atoms with van der Waals surface area (Å²) in [4.78, 5) is 38.9. The minimum Gasteiger partial charge on any atom is -0.478 e. The van der Waals surface area contributed by atoms with Crippen molar-refractivity contribution in [3.8, 4) is 0 Å². The molecule has 0 aliphatic heterocycles. The molecule has 0 aromatic carbocycles. The molecule has 0 spiro atoms. The van der Waals surface area contributed by atoms with Crippen molar-refractivity contribution >= 4 is 5.97 Å². The third-order valence-corrected chi connectivity index (χ3v) is 0.908. The number of hydrogen-bond acceptors (Lipinski definition) is 8. The number of aromatic carboxylic acids is 1. The lowest BCUT2D eigenvalue weighted by Gasteiger charge is -1.87. The SMILES string of the molecule is O=C(O)c1cccnc1.O=[N+]([O-])O.O=[N+]([O-])O.O=[N+]([O-])O.